The average Bonchev–Trinajstić information content (AvgIpc) is 2.04. The summed E-state index contributed by atoms with van der Waals surface area (Å²) in [6, 6.07) is 0. The molecule has 0 aliphatic heterocycles. The van der Waals surface area contributed by atoms with E-state index in [0.29, 0.717) is 11.8 Å². The maximum atomic E-state index is 10.6. The molecule has 0 radical (unpaired) electrons. The molecule has 1 N–H and O–H groups in total. The van der Waals surface area contributed by atoms with Crippen molar-refractivity contribution < 1.29 is 5.11 Å². The minimum atomic E-state index is -0.129. The summed E-state index contributed by atoms with van der Waals surface area (Å²) in [6.07, 6.45) is 2.23. The fourth-order valence-electron chi connectivity index (χ4n) is 3.25. The molecule has 0 aromatic heterocycles. The third kappa shape index (κ3) is 3.00. The standard InChI is InChI=1S/C15H30O/c1-10-8-11(14(2,3)4)13(16)12(9-10)15(5,6)7/h10-13,16H,8-9H2,1-7H3. The third-order valence-electron chi connectivity index (χ3n) is 4.36. The first kappa shape index (κ1) is 14.0. The topological polar surface area (TPSA) is 20.2 Å². The predicted molar refractivity (Wildman–Crippen MR) is 70.3 cm³/mol. The van der Waals surface area contributed by atoms with Crippen LogP contribution in [-0.2, 0) is 0 Å². The van der Waals surface area contributed by atoms with Gasteiger partial charge < -0.3 is 5.11 Å². The Hall–Kier alpha value is -0.0400. The molecule has 0 spiro atoms. The van der Waals surface area contributed by atoms with Crippen molar-refractivity contribution >= 4 is 0 Å². The van der Waals surface area contributed by atoms with E-state index in [9.17, 15) is 5.11 Å². The van der Waals surface area contributed by atoms with Crippen molar-refractivity contribution in [2.75, 3.05) is 0 Å². The molecule has 2 unspecified atom stereocenters. The Morgan fingerprint density at radius 3 is 1.38 bits per heavy atom. The fourth-order valence-corrected chi connectivity index (χ4v) is 3.25. The highest BCUT2D eigenvalue weighted by Crippen LogP contribution is 2.48. The van der Waals surface area contributed by atoms with E-state index in [0.717, 1.165) is 5.92 Å². The molecule has 0 aromatic rings. The zero-order valence-corrected chi connectivity index (χ0v) is 12.2. The molecule has 0 saturated heterocycles. The second-order valence-electron chi connectivity index (χ2n) is 8.01. The minimum Gasteiger partial charge on any atom is -0.393 e. The lowest BCUT2D eigenvalue weighted by atomic mass is 9.59. The van der Waals surface area contributed by atoms with Crippen LogP contribution < -0.4 is 0 Å². The van der Waals surface area contributed by atoms with Crippen LogP contribution >= 0.6 is 0 Å². The quantitative estimate of drug-likeness (QED) is 0.659. The van der Waals surface area contributed by atoms with Crippen LogP contribution in [-0.4, -0.2) is 11.2 Å². The van der Waals surface area contributed by atoms with E-state index >= 15 is 0 Å². The lowest BCUT2D eigenvalue weighted by Crippen LogP contribution is -2.47. The van der Waals surface area contributed by atoms with Gasteiger partial charge in [-0.15, -0.1) is 0 Å². The molecule has 0 amide bonds. The van der Waals surface area contributed by atoms with Gasteiger partial charge in [0.1, 0.15) is 0 Å². The number of aliphatic hydroxyl groups excluding tert-OH is 1. The Balaban J connectivity index is 2.91. The van der Waals surface area contributed by atoms with Gasteiger partial charge in [-0.3, -0.25) is 0 Å². The van der Waals surface area contributed by atoms with Gasteiger partial charge in [0.25, 0.3) is 0 Å². The minimum absolute atomic E-state index is 0.129. The molecule has 1 saturated carbocycles. The van der Waals surface area contributed by atoms with Gasteiger partial charge in [-0.05, 0) is 41.4 Å². The number of rotatable bonds is 0. The summed E-state index contributed by atoms with van der Waals surface area (Å²) in [6.45, 7) is 15.9. The third-order valence-corrected chi connectivity index (χ3v) is 4.36. The van der Waals surface area contributed by atoms with Crippen molar-refractivity contribution in [2.45, 2.75) is 67.4 Å². The van der Waals surface area contributed by atoms with E-state index < -0.39 is 0 Å². The maximum absolute atomic E-state index is 10.6. The number of hydrogen-bond donors (Lipinski definition) is 1. The van der Waals surface area contributed by atoms with Crippen molar-refractivity contribution in [1.29, 1.82) is 0 Å². The second kappa shape index (κ2) is 4.33. The largest absolute Gasteiger partial charge is 0.393 e. The molecule has 1 fully saturated rings. The summed E-state index contributed by atoms with van der Waals surface area (Å²) < 4.78 is 0. The van der Waals surface area contributed by atoms with Crippen LogP contribution in [0.1, 0.15) is 61.3 Å². The van der Waals surface area contributed by atoms with E-state index in [-0.39, 0.29) is 16.9 Å². The van der Waals surface area contributed by atoms with E-state index in [1.165, 1.54) is 12.8 Å². The molecule has 0 heterocycles. The normalized spacial score (nSPS) is 37.5. The molecular formula is C15H30O. The van der Waals surface area contributed by atoms with Gasteiger partial charge in [-0.25, -0.2) is 0 Å². The van der Waals surface area contributed by atoms with Crippen LogP contribution in [0.3, 0.4) is 0 Å². The molecular weight excluding hydrogens is 196 g/mol. The summed E-state index contributed by atoms with van der Waals surface area (Å²) in [5, 5.41) is 10.6. The number of hydrogen-bond acceptors (Lipinski definition) is 1. The highest BCUT2D eigenvalue weighted by atomic mass is 16.3. The molecule has 0 bridgehead atoms. The Morgan fingerprint density at radius 1 is 0.812 bits per heavy atom. The van der Waals surface area contributed by atoms with Crippen LogP contribution in [0.15, 0.2) is 0 Å². The Labute approximate surface area is 102 Å². The van der Waals surface area contributed by atoms with Crippen molar-refractivity contribution in [2.24, 2.45) is 28.6 Å². The Kier molecular flexibility index (Phi) is 3.79. The van der Waals surface area contributed by atoms with Gasteiger partial charge in [-0.1, -0.05) is 48.5 Å². The molecule has 1 nitrogen and oxygen atoms in total. The average molecular weight is 226 g/mol. The smallest absolute Gasteiger partial charge is 0.0606 e. The van der Waals surface area contributed by atoms with E-state index in [1.807, 2.05) is 0 Å². The van der Waals surface area contributed by atoms with Gasteiger partial charge >= 0.3 is 0 Å². The summed E-state index contributed by atoms with van der Waals surface area (Å²) in [5.41, 5.74) is 0.440. The highest BCUT2D eigenvalue weighted by Gasteiger charge is 2.44. The van der Waals surface area contributed by atoms with Crippen LogP contribution in [0.2, 0.25) is 0 Å². The first-order valence-electron chi connectivity index (χ1n) is 6.71. The summed E-state index contributed by atoms with van der Waals surface area (Å²) in [7, 11) is 0. The molecule has 96 valence electrons. The highest BCUT2D eigenvalue weighted by molar-refractivity contribution is 4.94. The van der Waals surface area contributed by atoms with Crippen molar-refractivity contribution in [3.63, 3.8) is 0 Å². The van der Waals surface area contributed by atoms with Crippen molar-refractivity contribution in [1.82, 2.24) is 0 Å². The first-order valence-corrected chi connectivity index (χ1v) is 6.71. The predicted octanol–water partition coefficient (Wildman–Crippen LogP) is 4.10. The molecule has 1 rings (SSSR count). The summed E-state index contributed by atoms with van der Waals surface area (Å²) >= 11 is 0. The van der Waals surface area contributed by atoms with E-state index in [2.05, 4.69) is 48.5 Å². The molecule has 16 heavy (non-hydrogen) atoms. The lowest BCUT2D eigenvalue weighted by molar-refractivity contribution is -0.0808. The van der Waals surface area contributed by atoms with Crippen LogP contribution in [0.25, 0.3) is 0 Å². The van der Waals surface area contributed by atoms with Gasteiger partial charge in [0.15, 0.2) is 0 Å². The van der Waals surface area contributed by atoms with Gasteiger partial charge in [0, 0.05) is 0 Å². The summed E-state index contributed by atoms with van der Waals surface area (Å²) in [4.78, 5) is 0. The zero-order valence-electron chi connectivity index (χ0n) is 12.2. The first-order chi connectivity index (χ1) is 7.03. The monoisotopic (exact) mass is 226 g/mol. The zero-order chi connectivity index (χ0) is 12.7. The Bertz CT molecular complexity index is 207. The van der Waals surface area contributed by atoms with Crippen LogP contribution in [0.5, 0.6) is 0 Å². The Morgan fingerprint density at radius 2 is 1.12 bits per heavy atom. The molecule has 2 atom stereocenters. The van der Waals surface area contributed by atoms with Gasteiger partial charge in [-0.2, -0.15) is 0 Å². The number of aliphatic hydroxyl groups is 1. The molecule has 1 aliphatic carbocycles. The van der Waals surface area contributed by atoms with Crippen LogP contribution in [0.4, 0.5) is 0 Å². The van der Waals surface area contributed by atoms with Crippen molar-refractivity contribution in [3.8, 4) is 0 Å². The fraction of sp³-hybridized carbons (Fsp3) is 1.00. The molecule has 1 aliphatic rings. The lowest BCUT2D eigenvalue weighted by Gasteiger charge is -2.48. The van der Waals surface area contributed by atoms with E-state index in [4.69, 9.17) is 0 Å². The van der Waals surface area contributed by atoms with Gasteiger partial charge in [0.2, 0.25) is 0 Å². The molecule has 1 heteroatoms. The van der Waals surface area contributed by atoms with Gasteiger partial charge in [0.05, 0.1) is 6.10 Å². The molecule has 0 aromatic carbocycles. The SMILES string of the molecule is CC1CC(C(C)(C)C)C(O)C(C(C)(C)C)C1. The second-order valence-corrected chi connectivity index (χ2v) is 8.01. The van der Waals surface area contributed by atoms with E-state index in [1.54, 1.807) is 0 Å². The van der Waals surface area contributed by atoms with Crippen LogP contribution in [0, 0.1) is 28.6 Å². The summed E-state index contributed by atoms with van der Waals surface area (Å²) in [5.74, 6) is 1.64. The maximum Gasteiger partial charge on any atom is 0.0606 e. The van der Waals surface area contributed by atoms with Crippen molar-refractivity contribution in [3.05, 3.63) is 0 Å².